The summed E-state index contributed by atoms with van der Waals surface area (Å²) >= 11 is 0. The van der Waals surface area contributed by atoms with Gasteiger partial charge in [0, 0.05) is 19.6 Å². The van der Waals surface area contributed by atoms with Crippen molar-refractivity contribution in [1.29, 1.82) is 0 Å². The third-order valence-corrected chi connectivity index (χ3v) is 4.58. The monoisotopic (exact) mass is 289 g/mol. The summed E-state index contributed by atoms with van der Waals surface area (Å²) in [6.07, 6.45) is 8.10. The van der Waals surface area contributed by atoms with E-state index in [1.54, 1.807) is 28.8 Å². The third kappa shape index (κ3) is 2.72. The van der Waals surface area contributed by atoms with Crippen LogP contribution in [0.2, 0.25) is 0 Å². The Kier molecular flexibility index (Phi) is 4.05. The van der Waals surface area contributed by atoms with Crippen LogP contribution in [0.1, 0.15) is 32.6 Å². The average Bonchev–Trinajstić information content (AvgIpc) is 3.07. The minimum absolute atomic E-state index is 0.0195. The first kappa shape index (κ1) is 14.3. The summed E-state index contributed by atoms with van der Waals surface area (Å²) in [6.45, 7) is 3.91. The van der Waals surface area contributed by atoms with Crippen LogP contribution in [-0.2, 0) is 13.6 Å². The predicted octanol–water partition coefficient (Wildman–Crippen LogP) is 1.30. The van der Waals surface area contributed by atoms with E-state index >= 15 is 0 Å². The molecule has 0 aromatic carbocycles. The fraction of sp³-hybridized carbons (Fsp3) is 0.667. The number of aryl methyl sites for hydroxylation is 2. The molecule has 1 N–H and O–H groups in total. The Labute approximate surface area is 124 Å². The first-order valence-electron chi connectivity index (χ1n) is 7.81. The molecule has 0 saturated heterocycles. The molecule has 3 rings (SSSR count). The van der Waals surface area contributed by atoms with Crippen molar-refractivity contribution in [2.45, 2.75) is 45.2 Å². The van der Waals surface area contributed by atoms with E-state index in [-0.39, 0.29) is 5.56 Å². The topological polar surface area (TPSA) is 64.7 Å². The van der Waals surface area contributed by atoms with Crippen molar-refractivity contribution in [3.05, 3.63) is 22.9 Å². The first-order chi connectivity index (χ1) is 10.2. The van der Waals surface area contributed by atoms with Crippen molar-refractivity contribution in [3.63, 3.8) is 0 Å². The number of hydrogen-bond acceptors (Lipinski definition) is 4. The van der Waals surface area contributed by atoms with E-state index in [4.69, 9.17) is 0 Å². The van der Waals surface area contributed by atoms with Crippen LogP contribution in [0, 0.1) is 5.92 Å². The SMILES string of the molecule is CCNC1CCCC1CCn1cnc2c(cnn2C)c1=O. The molecule has 6 heteroatoms. The van der Waals surface area contributed by atoms with Crippen LogP contribution in [0.3, 0.4) is 0 Å². The first-order valence-corrected chi connectivity index (χ1v) is 7.81. The standard InChI is InChI=1S/C15H23N5O/c1-3-16-13-6-4-5-11(13)7-8-20-10-17-14-12(15(20)21)9-18-19(14)2/h9-11,13,16H,3-8H2,1-2H3. The van der Waals surface area contributed by atoms with Gasteiger partial charge in [0.25, 0.3) is 5.56 Å². The van der Waals surface area contributed by atoms with Crippen LogP contribution >= 0.6 is 0 Å². The maximum Gasteiger partial charge on any atom is 0.264 e. The van der Waals surface area contributed by atoms with Gasteiger partial charge in [0.2, 0.25) is 0 Å². The maximum atomic E-state index is 12.4. The Morgan fingerprint density at radius 3 is 3.10 bits per heavy atom. The number of fused-ring (bicyclic) bond motifs is 1. The van der Waals surface area contributed by atoms with Gasteiger partial charge in [-0.2, -0.15) is 5.10 Å². The minimum atomic E-state index is 0.0195. The van der Waals surface area contributed by atoms with E-state index in [0.717, 1.165) is 19.5 Å². The molecule has 2 unspecified atom stereocenters. The highest BCUT2D eigenvalue weighted by molar-refractivity contribution is 5.72. The van der Waals surface area contributed by atoms with Crippen LogP contribution in [0.15, 0.2) is 17.3 Å². The number of aromatic nitrogens is 4. The van der Waals surface area contributed by atoms with Gasteiger partial charge < -0.3 is 5.32 Å². The lowest BCUT2D eigenvalue weighted by Gasteiger charge is -2.20. The van der Waals surface area contributed by atoms with Gasteiger partial charge in [0.15, 0.2) is 5.65 Å². The number of nitrogens with zero attached hydrogens (tertiary/aromatic N) is 4. The molecule has 21 heavy (non-hydrogen) atoms. The Balaban J connectivity index is 1.73. The number of rotatable bonds is 5. The summed E-state index contributed by atoms with van der Waals surface area (Å²) in [5.41, 5.74) is 0.675. The molecule has 6 nitrogen and oxygen atoms in total. The zero-order chi connectivity index (χ0) is 14.8. The molecular weight excluding hydrogens is 266 g/mol. The highest BCUT2D eigenvalue weighted by Crippen LogP contribution is 2.28. The Morgan fingerprint density at radius 1 is 1.43 bits per heavy atom. The molecule has 2 atom stereocenters. The van der Waals surface area contributed by atoms with Gasteiger partial charge in [-0.3, -0.25) is 14.0 Å². The van der Waals surface area contributed by atoms with E-state index in [1.807, 2.05) is 0 Å². The van der Waals surface area contributed by atoms with Crippen LogP contribution in [-0.4, -0.2) is 31.9 Å². The Hall–Kier alpha value is -1.69. The summed E-state index contributed by atoms with van der Waals surface area (Å²) in [5.74, 6) is 0.668. The molecule has 2 aromatic rings. The molecule has 114 valence electrons. The van der Waals surface area contributed by atoms with E-state index in [1.165, 1.54) is 19.3 Å². The lowest BCUT2D eigenvalue weighted by Crippen LogP contribution is -2.33. The van der Waals surface area contributed by atoms with Crippen LogP contribution in [0.4, 0.5) is 0 Å². The van der Waals surface area contributed by atoms with Crippen LogP contribution in [0.5, 0.6) is 0 Å². The van der Waals surface area contributed by atoms with Crippen molar-refractivity contribution in [2.24, 2.45) is 13.0 Å². The molecular formula is C15H23N5O. The summed E-state index contributed by atoms with van der Waals surface area (Å²) in [5, 5.41) is 8.27. The lowest BCUT2D eigenvalue weighted by molar-refractivity contribution is 0.364. The zero-order valence-corrected chi connectivity index (χ0v) is 12.7. The van der Waals surface area contributed by atoms with Crippen molar-refractivity contribution in [3.8, 4) is 0 Å². The second-order valence-corrected chi connectivity index (χ2v) is 5.89. The second kappa shape index (κ2) is 5.97. The molecule has 1 saturated carbocycles. The largest absolute Gasteiger partial charge is 0.314 e. The smallest absolute Gasteiger partial charge is 0.264 e. The summed E-state index contributed by atoms with van der Waals surface area (Å²) in [4.78, 5) is 16.8. The quantitative estimate of drug-likeness (QED) is 0.901. The minimum Gasteiger partial charge on any atom is -0.314 e. The normalized spacial score (nSPS) is 22.2. The van der Waals surface area contributed by atoms with Crippen LogP contribution < -0.4 is 10.9 Å². The maximum absolute atomic E-state index is 12.4. The summed E-state index contributed by atoms with van der Waals surface area (Å²) in [7, 11) is 1.80. The van der Waals surface area contributed by atoms with Gasteiger partial charge in [-0.25, -0.2) is 4.98 Å². The molecule has 2 aromatic heterocycles. The molecule has 1 fully saturated rings. The Bertz CT molecular complexity index is 674. The highest BCUT2D eigenvalue weighted by atomic mass is 16.1. The van der Waals surface area contributed by atoms with Gasteiger partial charge in [0.1, 0.15) is 5.39 Å². The van der Waals surface area contributed by atoms with E-state index < -0.39 is 0 Å². The molecule has 0 spiro atoms. The fourth-order valence-electron chi connectivity index (χ4n) is 3.44. The van der Waals surface area contributed by atoms with E-state index in [2.05, 4.69) is 22.3 Å². The van der Waals surface area contributed by atoms with Crippen molar-refractivity contribution in [2.75, 3.05) is 6.54 Å². The molecule has 1 aliphatic rings. The van der Waals surface area contributed by atoms with Crippen molar-refractivity contribution >= 4 is 11.0 Å². The number of hydrogen-bond donors (Lipinski definition) is 1. The van der Waals surface area contributed by atoms with Gasteiger partial charge >= 0.3 is 0 Å². The molecule has 0 aliphatic heterocycles. The average molecular weight is 289 g/mol. The van der Waals surface area contributed by atoms with Crippen molar-refractivity contribution in [1.82, 2.24) is 24.6 Å². The zero-order valence-electron chi connectivity index (χ0n) is 12.7. The second-order valence-electron chi connectivity index (χ2n) is 5.89. The molecule has 0 amide bonds. The van der Waals surface area contributed by atoms with Gasteiger partial charge in [-0.1, -0.05) is 13.3 Å². The predicted molar refractivity (Wildman–Crippen MR) is 82.2 cm³/mol. The molecule has 1 aliphatic carbocycles. The summed E-state index contributed by atoms with van der Waals surface area (Å²) < 4.78 is 3.37. The van der Waals surface area contributed by atoms with Crippen molar-refractivity contribution < 1.29 is 0 Å². The third-order valence-electron chi connectivity index (χ3n) is 4.58. The summed E-state index contributed by atoms with van der Waals surface area (Å²) in [6, 6.07) is 0.612. The fourth-order valence-corrected chi connectivity index (χ4v) is 3.44. The number of nitrogens with one attached hydrogen (secondary N) is 1. The lowest BCUT2D eigenvalue weighted by atomic mass is 9.99. The van der Waals surface area contributed by atoms with Gasteiger partial charge in [-0.05, 0) is 31.7 Å². The van der Waals surface area contributed by atoms with Gasteiger partial charge in [0.05, 0.1) is 12.5 Å². The van der Waals surface area contributed by atoms with Gasteiger partial charge in [-0.15, -0.1) is 0 Å². The molecule has 0 bridgehead atoms. The molecule has 0 radical (unpaired) electrons. The van der Waals surface area contributed by atoms with Crippen LogP contribution in [0.25, 0.3) is 11.0 Å². The highest BCUT2D eigenvalue weighted by Gasteiger charge is 2.26. The van der Waals surface area contributed by atoms with E-state index in [0.29, 0.717) is 23.0 Å². The molecule has 2 heterocycles. The Morgan fingerprint density at radius 2 is 2.29 bits per heavy atom. The van der Waals surface area contributed by atoms with E-state index in [9.17, 15) is 4.79 Å².